The molecule has 0 aliphatic heterocycles. The molecule has 0 bridgehead atoms. The van der Waals surface area contributed by atoms with E-state index in [0.29, 0.717) is 16.9 Å². The number of nitrogens with two attached hydrogens (primary N) is 1. The van der Waals surface area contributed by atoms with E-state index in [2.05, 4.69) is 9.97 Å². The Kier molecular flexibility index (Phi) is 5.52. The second-order valence-corrected chi connectivity index (χ2v) is 7.61. The maximum atomic E-state index is 13.4. The van der Waals surface area contributed by atoms with E-state index in [1.54, 1.807) is 24.3 Å². The van der Waals surface area contributed by atoms with Crippen LogP contribution >= 0.6 is 0 Å². The lowest BCUT2D eigenvalue weighted by Gasteiger charge is -2.15. The molecule has 0 atom stereocenters. The number of alkyl halides is 3. The van der Waals surface area contributed by atoms with Gasteiger partial charge in [0.05, 0.1) is 17.6 Å². The summed E-state index contributed by atoms with van der Waals surface area (Å²) in [6, 6.07) is 10.3. The van der Waals surface area contributed by atoms with Gasteiger partial charge < -0.3 is 20.1 Å². The Labute approximate surface area is 182 Å². The highest BCUT2D eigenvalue weighted by Crippen LogP contribution is 2.40. The fourth-order valence-corrected chi connectivity index (χ4v) is 3.54. The number of hydrogen-bond acceptors (Lipinski definition) is 5. The molecule has 0 aliphatic rings. The summed E-state index contributed by atoms with van der Waals surface area (Å²) in [6.07, 6.45) is -1.26. The molecule has 6 nitrogen and oxygen atoms in total. The molecule has 2 aromatic heterocycles. The summed E-state index contributed by atoms with van der Waals surface area (Å²) in [5.74, 6) is 0.257. The number of rotatable bonds is 5. The van der Waals surface area contributed by atoms with Gasteiger partial charge in [-0.1, -0.05) is 18.2 Å². The average Bonchev–Trinajstić information content (AvgIpc) is 3.15. The molecule has 0 aliphatic carbocycles. The minimum absolute atomic E-state index is 0.144. The molecular weight excluding hydrogens is 421 g/mol. The maximum Gasteiger partial charge on any atom is 0.419 e. The number of halogens is 3. The Morgan fingerprint density at radius 3 is 2.44 bits per heavy atom. The van der Waals surface area contributed by atoms with Crippen LogP contribution in [0, 0.1) is 0 Å². The fraction of sp³-hybridized carbons (Fsp3) is 0.217. The number of fused-ring (bicyclic) bond motifs is 1. The molecule has 4 rings (SSSR count). The summed E-state index contributed by atoms with van der Waals surface area (Å²) in [6.45, 7) is 3.56. The van der Waals surface area contributed by atoms with Crippen molar-refractivity contribution in [1.29, 1.82) is 0 Å². The molecule has 0 radical (unpaired) electrons. The molecule has 0 saturated carbocycles. The molecule has 0 unspecified atom stereocenters. The van der Waals surface area contributed by atoms with E-state index < -0.39 is 18.3 Å². The van der Waals surface area contributed by atoms with Gasteiger partial charge in [-0.2, -0.15) is 13.2 Å². The SMILES string of the molecule is CC(C)n1cc(-c2ccc(Oc3ccc(CO)cc3C(F)(F)F)cc2)c2c(N)ncnc21. The molecule has 0 saturated heterocycles. The average molecular weight is 442 g/mol. The highest BCUT2D eigenvalue weighted by Gasteiger charge is 2.35. The van der Waals surface area contributed by atoms with Crippen LogP contribution in [0.1, 0.15) is 31.0 Å². The summed E-state index contributed by atoms with van der Waals surface area (Å²) >= 11 is 0. The summed E-state index contributed by atoms with van der Waals surface area (Å²) in [4.78, 5) is 8.44. The topological polar surface area (TPSA) is 86.2 Å². The third-order valence-corrected chi connectivity index (χ3v) is 5.12. The van der Waals surface area contributed by atoms with Gasteiger partial charge in [0, 0.05) is 17.8 Å². The minimum Gasteiger partial charge on any atom is -0.457 e. The van der Waals surface area contributed by atoms with Crippen molar-refractivity contribution in [1.82, 2.24) is 14.5 Å². The van der Waals surface area contributed by atoms with Crippen LogP contribution in [0.3, 0.4) is 0 Å². The smallest absolute Gasteiger partial charge is 0.419 e. The first-order valence-electron chi connectivity index (χ1n) is 9.89. The molecule has 2 heterocycles. The van der Waals surface area contributed by atoms with Crippen LogP contribution < -0.4 is 10.5 Å². The van der Waals surface area contributed by atoms with Gasteiger partial charge in [-0.15, -0.1) is 0 Å². The van der Waals surface area contributed by atoms with Crippen LogP contribution in [0.25, 0.3) is 22.2 Å². The second-order valence-electron chi connectivity index (χ2n) is 7.61. The summed E-state index contributed by atoms with van der Waals surface area (Å²) in [5, 5.41) is 9.87. The maximum absolute atomic E-state index is 13.4. The van der Waals surface area contributed by atoms with Crippen LogP contribution in [0.15, 0.2) is 55.0 Å². The number of nitrogen functional groups attached to an aromatic ring is 1. The Bertz CT molecular complexity index is 1260. The monoisotopic (exact) mass is 442 g/mol. The lowest BCUT2D eigenvalue weighted by molar-refractivity contribution is -0.138. The molecule has 4 aromatic rings. The number of anilines is 1. The lowest BCUT2D eigenvalue weighted by Crippen LogP contribution is -2.08. The van der Waals surface area contributed by atoms with Gasteiger partial charge >= 0.3 is 6.18 Å². The van der Waals surface area contributed by atoms with Gasteiger partial charge in [-0.25, -0.2) is 9.97 Å². The van der Waals surface area contributed by atoms with Crippen molar-refractivity contribution in [2.45, 2.75) is 32.7 Å². The first-order chi connectivity index (χ1) is 15.2. The summed E-state index contributed by atoms with van der Waals surface area (Å²) < 4.78 is 47.8. The van der Waals surface area contributed by atoms with E-state index in [1.165, 1.54) is 18.5 Å². The Morgan fingerprint density at radius 1 is 1.09 bits per heavy atom. The molecule has 9 heteroatoms. The zero-order valence-electron chi connectivity index (χ0n) is 17.4. The van der Waals surface area contributed by atoms with Crippen molar-refractivity contribution in [3.63, 3.8) is 0 Å². The number of hydrogen-bond donors (Lipinski definition) is 2. The largest absolute Gasteiger partial charge is 0.457 e. The van der Waals surface area contributed by atoms with Crippen molar-refractivity contribution >= 4 is 16.9 Å². The molecule has 2 aromatic carbocycles. The third-order valence-electron chi connectivity index (χ3n) is 5.12. The van der Waals surface area contributed by atoms with Gasteiger partial charge in [0.1, 0.15) is 29.3 Å². The van der Waals surface area contributed by atoms with Gasteiger partial charge in [0.2, 0.25) is 0 Å². The number of nitrogens with zero attached hydrogens (tertiary/aromatic N) is 3. The quantitative estimate of drug-likeness (QED) is 0.422. The normalized spacial score (nSPS) is 12.0. The predicted molar refractivity (Wildman–Crippen MR) is 115 cm³/mol. The number of aliphatic hydroxyl groups excluding tert-OH is 1. The Morgan fingerprint density at radius 2 is 1.81 bits per heavy atom. The summed E-state index contributed by atoms with van der Waals surface area (Å²) in [5.41, 5.74) is 7.65. The highest BCUT2D eigenvalue weighted by atomic mass is 19.4. The van der Waals surface area contributed by atoms with E-state index in [0.717, 1.165) is 17.2 Å². The van der Waals surface area contributed by atoms with Gasteiger partial charge in [-0.3, -0.25) is 0 Å². The van der Waals surface area contributed by atoms with Crippen molar-refractivity contribution < 1.29 is 23.0 Å². The Balaban J connectivity index is 1.70. The van der Waals surface area contributed by atoms with Crippen LogP contribution in [0.5, 0.6) is 11.5 Å². The fourth-order valence-electron chi connectivity index (χ4n) is 3.54. The van der Waals surface area contributed by atoms with Crippen molar-refractivity contribution in [2.24, 2.45) is 0 Å². The van der Waals surface area contributed by atoms with Crippen LogP contribution in [-0.4, -0.2) is 19.6 Å². The molecule has 0 amide bonds. The second kappa shape index (κ2) is 8.16. The zero-order valence-corrected chi connectivity index (χ0v) is 17.4. The number of aromatic nitrogens is 3. The van der Waals surface area contributed by atoms with E-state index in [4.69, 9.17) is 15.6 Å². The number of aliphatic hydroxyl groups is 1. The zero-order chi connectivity index (χ0) is 23.0. The van der Waals surface area contributed by atoms with E-state index in [1.807, 2.05) is 24.6 Å². The third kappa shape index (κ3) is 3.99. The van der Waals surface area contributed by atoms with E-state index in [9.17, 15) is 13.2 Å². The van der Waals surface area contributed by atoms with Crippen LogP contribution in [-0.2, 0) is 12.8 Å². The van der Waals surface area contributed by atoms with Gasteiger partial charge in [0.25, 0.3) is 0 Å². The number of ether oxygens (including phenoxy) is 1. The first kappa shape index (κ1) is 21.6. The highest BCUT2D eigenvalue weighted by molar-refractivity contribution is 6.00. The van der Waals surface area contributed by atoms with Gasteiger partial charge in [0.15, 0.2) is 0 Å². The van der Waals surface area contributed by atoms with E-state index in [-0.39, 0.29) is 23.1 Å². The first-order valence-corrected chi connectivity index (χ1v) is 9.89. The lowest BCUT2D eigenvalue weighted by atomic mass is 10.1. The molecule has 32 heavy (non-hydrogen) atoms. The Hall–Kier alpha value is -3.59. The molecule has 3 N–H and O–H groups in total. The number of benzene rings is 2. The van der Waals surface area contributed by atoms with Gasteiger partial charge in [-0.05, 0) is 49.2 Å². The molecule has 0 fully saturated rings. The van der Waals surface area contributed by atoms with Crippen molar-refractivity contribution in [2.75, 3.05) is 5.73 Å². The summed E-state index contributed by atoms with van der Waals surface area (Å²) in [7, 11) is 0. The molecule has 0 spiro atoms. The minimum atomic E-state index is -4.61. The van der Waals surface area contributed by atoms with Crippen molar-refractivity contribution in [3.8, 4) is 22.6 Å². The van der Waals surface area contributed by atoms with Crippen LogP contribution in [0.2, 0.25) is 0 Å². The molecule has 166 valence electrons. The predicted octanol–water partition coefficient (Wildman–Crippen LogP) is 5.56. The van der Waals surface area contributed by atoms with Crippen molar-refractivity contribution in [3.05, 3.63) is 66.1 Å². The molecular formula is C23H21F3N4O2. The van der Waals surface area contributed by atoms with E-state index >= 15 is 0 Å². The van der Waals surface area contributed by atoms with Crippen LogP contribution in [0.4, 0.5) is 19.0 Å². The standard InChI is InChI=1S/C23H21F3N4O2/c1-13(2)30-10-17(20-21(27)28-12-29-22(20)30)15-4-6-16(7-5-15)32-19-8-3-14(11-31)9-18(19)23(24,25)26/h3-10,12-13,31H,11H2,1-2H3,(H2,27,28,29).